The first-order valence-corrected chi connectivity index (χ1v) is 6.44. The van der Waals surface area contributed by atoms with Gasteiger partial charge in [0.25, 0.3) is 0 Å². The molecule has 1 aromatic carbocycles. The molecule has 8 heteroatoms. The zero-order valence-electron chi connectivity index (χ0n) is 11.3. The van der Waals surface area contributed by atoms with E-state index in [0.717, 1.165) is 24.3 Å². The van der Waals surface area contributed by atoms with Gasteiger partial charge in [0.05, 0.1) is 11.5 Å². The minimum Gasteiger partial charge on any atom is -0.504 e. The van der Waals surface area contributed by atoms with Crippen LogP contribution in [0, 0.1) is 10.1 Å². The number of hydrogen-bond donors (Lipinski definition) is 1. The predicted molar refractivity (Wildman–Crippen MR) is 69.9 cm³/mol. The van der Waals surface area contributed by atoms with Crippen LogP contribution in [0.2, 0.25) is 0 Å². The molecule has 1 aliphatic carbocycles. The second kappa shape index (κ2) is 5.78. The summed E-state index contributed by atoms with van der Waals surface area (Å²) >= 11 is 0. The van der Waals surface area contributed by atoms with Gasteiger partial charge in [-0.2, -0.15) is 13.2 Å². The lowest BCUT2D eigenvalue weighted by Crippen LogP contribution is -2.16. The Kier molecular flexibility index (Phi) is 4.20. The van der Waals surface area contributed by atoms with Gasteiger partial charge < -0.3 is 5.11 Å². The number of alkyl halides is 3. The third-order valence-corrected chi connectivity index (χ3v) is 3.58. The molecule has 0 bridgehead atoms. The van der Waals surface area contributed by atoms with E-state index in [1.54, 1.807) is 0 Å². The van der Waals surface area contributed by atoms with Gasteiger partial charge in [-0.15, -0.1) is 0 Å². The SMILES string of the molecule is O=C1CCC([C@H](C[N+](=O)[O-])c2ccc(C(F)(F)F)cc2)=C1O. The van der Waals surface area contributed by atoms with Gasteiger partial charge in [-0.3, -0.25) is 14.9 Å². The number of Topliss-reactive ketones (excluding diaryl/α,β-unsaturated/α-hetero) is 1. The lowest BCUT2D eigenvalue weighted by atomic mass is 9.89. The van der Waals surface area contributed by atoms with Crippen molar-refractivity contribution in [2.45, 2.75) is 24.9 Å². The van der Waals surface area contributed by atoms with E-state index in [1.807, 2.05) is 0 Å². The van der Waals surface area contributed by atoms with E-state index < -0.39 is 40.7 Å². The van der Waals surface area contributed by atoms with Crippen LogP contribution in [0.1, 0.15) is 29.9 Å². The summed E-state index contributed by atoms with van der Waals surface area (Å²) in [6.45, 7) is -0.599. The van der Waals surface area contributed by atoms with Gasteiger partial charge in [0.15, 0.2) is 11.5 Å². The summed E-state index contributed by atoms with van der Waals surface area (Å²) in [6, 6.07) is 3.94. The van der Waals surface area contributed by atoms with Crippen LogP contribution in [0.15, 0.2) is 35.6 Å². The van der Waals surface area contributed by atoms with E-state index in [1.165, 1.54) is 0 Å². The molecule has 0 spiro atoms. The van der Waals surface area contributed by atoms with E-state index >= 15 is 0 Å². The monoisotopic (exact) mass is 315 g/mol. The molecule has 1 atom stereocenters. The van der Waals surface area contributed by atoms with E-state index in [-0.39, 0.29) is 24.0 Å². The van der Waals surface area contributed by atoms with Gasteiger partial charge in [-0.1, -0.05) is 12.1 Å². The maximum absolute atomic E-state index is 12.5. The quantitative estimate of drug-likeness (QED) is 0.683. The Labute approximate surface area is 123 Å². The Morgan fingerprint density at radius 2 is 1.82 bits per heavy atom. The Hall–Kier alpha value is -2.38. The molecule has 22 heavy (non-hydrogen) atoms. The molecular formula is C14H12F3NO4. The molecule has 0 radical (unpaired) electrons. The lowest BCUT2D eigenvalue weighted by Gasteiger charge is -2.16. The predicted octanol–water partition coefficient (Wildman–Crippen LogP) is 3.24. The van der Waals surface area contributed by atoms with Crippen LogP contribution in [0.4, 0.5) is 13.2 Å². The smallest absolute Gasteiger partial charge is 0.416 e. The molecule has 0 aliphatic heterocycles. The highest BCUT2D eigenvalue weighted by molar-refractivity contribution is 5.96. The Balaban J connectivity index is 2.38. The van der Waals surface area contributed by atoms with Crippen molar-refractivity contribution in [3.8, 4) is 0 Å². The highest BCUT2D eigenvalue weighted by Gasteiger charge is 2.34. The topological polar surface area (TPSA) is 80.4 Å². The number of nitro groups is 1. The summed E-state index contributed by atoms with van der Waals surface area (Å²) in [5.74, 6) is -1.93. The van der Waals surface area contributed by atoms with Crippen LogP contribution in [0.25, 0.3) is 0 Å². The molecule has 2 rings (SSSR count). The largest absolute Gasteiger partial charge is 0.504 e. The number of ketones is 1. The van der Waals surface area contributed by atoms with Crippen molar-refractivity contribution in [2.75, 3.05) is 6.54 Å². The summed E-state index contributed by atoms with van der Waals surface area (Å²) in [4.78, 5) is 21.5. The molecule has 1 aliphatic rings. The average molecular weight is 315 g/mol. The Morgan fingerprint density at radius 1 is 1.23 bits per heavy atom. The second-order valence-electron chi connectivity index (χ2n) is 4.98. The van der Waals surface area contributed by atoms with Crippen molar-refractivity contribution in [2.24, 2.45) is 0 Å². The van der Waals surface area contributed by atoms with Gasteiger partial charge in [0.2, 0.25) is 6.54 Å². The number of aliphatic hydroxyl groups is 1. The summed E-state index contributed by atoms with van der Waals surface area (Å²) in [5, 5.41) is 20.5. The van der Waals surface area contributed by atoms with Gasteiger partial charge in [-0.25, -0.2) is 0 Å². The van der Waals surface area contributed by atoms with Crippen LogP contribution >= 0.6 is 0 Å². The summed E-state index contributed by atoms with van der Waals surface area (Å²) in [6.07, 6.45) is -4.28. The number of benzene rings is 1. The van der Waals surface area contributed by atoms with E-state index in [4.69, 9.17) is 0 Å². The number of carbonyl (C=O) groups excluding carboxylic acids is 1. The van der Waals surface area contributed by atoms with E-state index in [0.29, 0.717) is 0 Å². The zero-order valence-corrected chi connectivity index (χ0v) is 11.3. The van der Waals surface area contributed by atoms with Crippen LogP contribution < -0.4 is 0 Å². The number of allylic oxidation sites excluding steroid dienone is 1. The van der Waals surface area contributed by atoms with Gasteiger partial charge in [0.1, 0.15) is 0 Å². The van der Waals surface area contributed by atoms with E-state index in [2.05, 4.69) is 0 Å². The molecule has 1 N–H and O–H groups in total. The zero-order chi connectivity index (χ0) is 16.5. The first kappa shape index (κ1) is 16.0. The van der Waals surface area contributed by atoms with Crippen LogP contribution in [0.3, 0.4) is 0 Å². The summed E-state index contributed by atoms with van der Waals surface area (Å²) < 4.78 is 37.6. The third kappa shape index (κ3) is 3.26. The molecule has 118 valence electrons. The maximum atomic E-state index is 12.5. The molecule has 0 fully saturated rings. The van der Waals surface area contributed by atoms with Crippen LogP contribution in [0.5, 0.6) is 0 Å². The Morgan fingerprint density at radius 3 is 2.23 bits per heavy atom. The first-order valence-electron chi connectivity index (χ1n) is 6.44. The van der Waals surface area contributed by atoms with Crippen molar-refractivity contribution in [1.29, 1.82) is 0 Å². The summed E-state index contributed by atoms with van der Waals surface area (Å²) in [7, 11) is 0. The van der Waals surface area contributed by atoms with E-state index in [9.17, 15) is 33.2 Å². The summed E-state index contributed by atoms with van der Waals surface area (Å²) in [5.41, 5.74) is -0.390. The van der Waals surface area contributed by atoms with Crippen molar-refractivity contribution in [1.82, 2.24) is 0 Å². The molecular weight excluding hydrogens is 303 g/mol. The highest BCUT2D eigenvalue weighted by atomic mass is 19.4. The number of halogens is 3. The maximum Gasteiger partial charge on any atom is 0.416 e. The second-order valence-corrected chi connectivity index (χ2v) is 4.98. The molecule has 0 amide bonds. The number of carbonyl (C=O) groups is 1. The highest BCUT2D eigenvalue weighted by Crippen LogP contribution is 2.36. The lowest BCUT2D eigenvalue weighted by molar-refractivity contribution is -0.482. The fourth-order valence-electron chi connectivity index (χ4n) is 2.47. The average Bonchev–Trinajstić information content (AvgIpc) is 2.75. The molecule has 0 unspecified atom stereocenters. The molecule has 5 nitrogen and oxygen atoms in total. The van der Waals surface area contributed by atoms with Gasteiger partial charge in [0, 0.05) is 11.3 Å². The molecule has 0 heterocycles. The van der Waals surface area contributed by atoms with Crippen molar-refractivity contribution >= 4 is 5.78 Å². The first-order chi connectivity index (χ1) is 10.2. The van der Waals surface area contributed by atoms with Crippen molar-refractivity contribution in [3.05, 3.63) is 56.8 Å². The van der Waals surface area contributed by atoms with Crippen molar-refractivity contribution in [3.63, 3.8) is 0 Å². The van der Waals surface area contributed by atoms with Gasteiger partial charge >= 0.3 is 6.18 Å². The minimum atomic E-state index is -4.50. The normalized spacial score (nSPS) is 17.0. The number of aliphatic hydroxyl groups excluding tert-OH is 1. The minimum absolute atomic E-state index is 0.0516. The van der Waals surface area contributed by atoms with Gasteiger partial charge in [-0.05, 0) is 29.7 Å². The molecule has 0 saturated heterocycles. The number of hydrogen-bond acceptors (Lipinski definition) is 4. The number of rotatable bonds is 4. The third-order valence-electron chi connectivity index (χ3n) is 3.58. The number of nitrogens with zero attached hydrogens (tertiary/aromatic N) is 1. The fourth-order valence-corrected chi connectivity index (χ4v) is 2.47. The van der Waals surface area contributed by atoms with Crippen LogP contribution in [-0.4, -0.2) is 22.4 Å². The Bertz CT molecular complexity index is 634. The molecule has 1 aromatic rings. The van der Waals surface area contributed by atoms with Crippen LogP contribution in [-0.2, 0) is 11.0 Å². The molecule has 0 aromatic heterocycles. The standard InChI is InChI=1S/C14H12F3NO4/c15-14(16,17)9-3-1-8(2-4-9)11(7-18(21)22)10-5-6-12(19)13(10)20/h1-4,11,20H,5-7H2/t11-/m1/s1. The fraction of sp³-hybridized carbons (Fsp3) is 0.357. The van der Waals surface area contributed by atoms with Crippen molar-refractivity contribution < 1.29 is 28.0 Å². The molecule has 0 saturated carbocycles.